The Kier molecular flexibility index (Phi) is 7.12. The lowest BCUT2D eigenvalue weighted by molar-refractivity contribution is -0.118. The van der Waals surface area contributed by atoms with E-state index in [0.29, 0.717) is 34.2 Å². The molecule has 2 aromatic carbocycles. The second-order valence-corrected chi connectivity index (χ2v) is 7.80. The van der Waals surface area contributed by atoms with Gasteiger partial charge in [-0.3, -0.25) is 14.2 Å². The number of benzene rings is 2. The number of halogens is 1. The molecule has 0 saturated heterocycles. The molecule has 5 nitrogen and oxygen atoms in total. The smallest absolute Gasteiger partial charge is 0.262 e. The third-order valence-corrected chi connectivity index (χ3v) is 5.45. The van der Waals surface area contributed by atoms with Crippen LogP contribution < -0.4 is 10.9 Å². The number of unbranched alkanes of at least 4 members (excludes halogenated alkanes) is 1. The summed E-state index contributed by atoms with van der Waals surface area (Å²) < 4.78 is 1.61. The molecule has 0 unspecified atom stereocenters. The Balaban J connectivity index is 1.90. The van der Waals surface area contributed by atoms with E-state index < -0.39 is 0 Å². The molecule has 1 N–H and O–H groups in total. The van der Waals surface area contributed by atoms with Crippen molar-refractivity contribution in [1.29, 1.82) is 0 Å². The van der Waals surface area contributed by atoms with Crippen LogP contribution in [0.25, 0.3) is 10.9 Å². The Morgan fingerprint density at radius 3 is 2.82 bits per heavy atom. The third-order valence-electron chi connectivity index (χ3n) is 4.24. The van der Waals surface area contributed by atoms with Gasteiger partial charge in [-0.15, -0.1) is 0 Å². The molecule has 0 aliphatic rings. The van der Waals surface area contributed by atoms with Gasteiger partial charge in [0.05, 0.1) is 23.2 Å². The fourth-order valence-corrected chi connectivity index (χ4v) is 3.84. The van der Waals surface area contributed by atoms with Crippen LogP contribution in [-0.2, 0) is 11.3 Å². The number of carbonyl (C=O) groups is 1. The van der Waals surface area contributed by atoms with E-state index in [-0.39, 0.29) is 17.2 Å². The molecule has 3 rings (SSSR count). The maximum atomic E-state index is 13.1. The molecular formula is C21H22ClN3O2S. The predicted molar refractivity (Wildman–Crippen MR) is 115 cm³/mol. The predicted octanol–water partition coefficient (Wildman–Crippen LogP) is 4.11. The van der Waals surface area contributed by atoms with E-state index in [1.54, 1.807) is 16.7 Å². The standard InChI is InChI=1S/C21H22ClN3O2S/c1-2-3-11-23-19(26)14-28-21-24-18-10-5-4-9-17(18)20(27)25(21)13-15-7-6-8-16(22)12-15/h4-10,12H,2-3,11,13-14H2,1H3,(H,23,26). The van der Waals surface area contributed by atoms with E-state index in [4.69, 9.17) is 11.6 Å². The first-order chi connectivity index (χ1) is 13.6. The van der Waals surface area contributed by atoms with Gasteiger partial charge in [-0.25, -0.2) is 4.98 Å². The normalized spacial score (nSPS) is 10.9. The van der Waals surface area contributed by atoms with Crippen LogP contribution in [0.2, 0.25) is 5.02 Å². The van der Waals surface area contributed by atoms with Crippen LogP contribution in [0.1, 0.15) is 25.3 Å². The minimum atomic E-state index is -0.125. The average molecular weight is 416 g/mol. The quantitative estimate of drug-likeness (QED) is 0.341. The minimum Gasteiger partial charge on any atom is -0.355 e. The van der Waals surface area contributed by atoms with Crippen LogP contribution in [-0.4, -0.2) is 27.8 Å². The first-order valence-corrected chi connectivity index (χ1v) is 10.6. The van der Waals surface area contributed by atoms with E-state index >= 15 is 0 Å². The lowest BCUT2D eigenvalue weighted by Gasteiger charge is -2.13. The van der Waals surface area contributed by atoms with E-state index in [1.165, 1.54) is 11.8 Å². The summed E-state index contributed by atoms with van der Waals surface area (Å²) in [5, 5.41) is 4.58. The van der Waals surface area contributed by atoms with Crippen molar-refractivity contribution in [2.75, 3.05) is 12.3 Å². The zero-order valence-electron chi connectivity index (χ0n) is 15.7. The van der Waals surface area contributed by atoms with Crippen molar-refractivity contribution in [2.45, 2.75) is 31.5 Å². The number of hydrogen-bond acceptors (Lipinski definition) is 4. The number of amides is 1. The SMILES string of the molecule is CCCCNC(=O)CSc1nc2ccccc2c(=O)n1Cc1cccc(Cl)c1. The summed E-state index contributed by atoms with van der Waals surface area (Å²) in [5.41, 5.74) is 1.41. The lowest BCUT2D eigenvalue weighted by Crippen LogP contribution is -2.28. The van der Waals surface area contributed by atoms with Crippen LogP contribution in [0.5, 0.6) is 0 Å². The number of hydrogen-bond donors (Lipinski definition) is 1. The topological polar surface area (TPSA) is 64.0 Å². The van der Waals surface area contributed by atoms with Gasteiger partial charge in [0.15, 0.2) is 5.16 Å². The Labute approximate surface area is 173 Å². The molecule has 1 heterocycles. The number of carbonyl (C=O) groups excluding carboxylic acids is 1. The number of para-hydroxylation sites is 1. The van der Waals surface area contributed by atoms with Gasteiger partial charge in [0.25, 0.3) is 5.56 Å². The molecule has 28 heavy (non-hydrogen) atoms. The zero-order valence-corrected chi connectivity index (χ0v) is 17.2. The van der Waals surface area contributed by atoms with E-state index in [2.05, 4.69) is 17.2 Å². The highest BCUT2D eigenvalue weighted by molar-refractivity contribution is 7.99. The van der Waals surface area contributed by atoms with Gasteiger partial charge in [-0.2, -0.15) is 0 Å². The highest BCUT2D eigenvalue weighted by Gasteiger charge is 2.13. The molecule has 146 valence electrons. The maximum Gasteiger partial charge on any atom is 0.262 e. The Morgan fingerprint density at radius 2 is 2.04 bits per heavy atom. The molecule has 0 fully saturated rings. The molecule has 0 aliphatic heterocycles. The summed E-state index contributed by atoms with van der Waals surface area (Å²) in [7, 11) is 0. The van der Waals surface area contributed by atoms with Gasteiger partial charge in [0.2, 0.25) is 5.91 Å². The van der Waals surface area contributed by atoms with Crippen LogP contribution in [0, 0.1) is 0 Å². The number of rotatable bonds is 8. The molecule has 0 atom stereocenters. The van der Waals surface area contributed by atoms with Gasteiger partial charge in [-0.1, -0.05) is 61.0 Å². The lowest BCUT2D eigenvalue weighted by atomic mass is 10.2. The molecule has 1 amide bonds. The van der Waals surface area contributed by atoms with Gasteiger partial charge in [-0.05, 0) is 36.2 Å². The first kappa shape index (κ1) is 20.4. The van der Waals surface area contributed by atoms with Crippen LogP contribution in [0.15, 0.2) is 58.5 Å². The fraction of sp³-hybridized carbons (Fsp3) is 0.286. The van der Waals surface area contributed by atoms with E-state index in [9.17, 15) is 9.59 Å². The summed E-state index contributed by atoms with van der Waals surface area (Å²) in [6.45, 7) is 3.09. The van der Waals surface area contributed by atoms with Crippen molar-refractivity contribution >= 4 is 40.2 Å². The molecule has 7 heteroatoms. The largest absolute Gasteiger partial charge is 0.355 e. The van der Waals surface area contributed by atoms with E-state index in [1.807, 2.05) is 36.4 Å². The summed E-state index contributed by atoms with van der Waals surface area (Å²) in [5.74, 6) is 0.152. The Hall–Kier alpha value is -2.31. The third kappa shape index (κ3) is 5.14. The summed E-state index contributed by atoms with van der Waals surface area (Å²) >= 11 is 7.36. The van der Waals surface area contributed by atoms with Crippen molar-refractivity contribution in [3.05, 3.63) is 69.5 Å². The summed E-state index contributed by atoms with van der Waals surface area (Å²) in [6, 6.07) is 14.6. The Bertz CT molecular complexity index is 1040. The molecule has 0 radical (unpaired) electrons. The van der Waals surface area contributed by atoms with Crippen molar-refractivity contribution in [3.63, 3.8) is 0 Å². The number of nitrogens with zero attached hydrogens (tertiary/aromatic N) is 2. The van der Waals surface area contributed by atoms with Crippen molar-refractivity contribution < 1.29 is 4.79 Å². The van der Waals surface area contributed by atoms with Crippen molar-refractivity contribution in [3.8, 4) is 0 Å². The monoisotopic (exact) mass is 415 g/mol. The number of thioether (sulfide) groups is 1. The second kappa shape index (κ2) is 9.75. The Morgan fingerprint density at radius 1 is 1.21 bits per heavy atom. The van der Waals surface area contributed by atoms with Crippen LogP contribution >= 0.6 is 23.4 Å². The number of fused-ring (bicyclic) bond motifs is 1. The van der Waals surface area contributed by atoms with Crippen molar-refractivity contribution in [2.24, 2.45) is 0 Å². The van der Waals surface area contributed by atoms with Gasteiger partial charge < -0.3 is 5.32 Å². The highest BCUT2D eigenvalue weighted by Crippen LogP contribution is 2.20. The van der Waals surface area contributed by atoms with Gasteiger partial charge in [0, 0.05) is 11.6 Å². The first-order valence-electron chi connectivity index (χ1n) is 9.22. The number of aromatic nitrogens is 2. The summed E-state index contributed by atoms with van der Waals surface area (Å²) in [6.07, 6.45) is 1.98. The molecule has 0 spiro atoms. The van der Waals surface area contributed by atoms with Crippen LogP contribution in [0.4, 0.5) is 0 Å². The van der Waals surface area contributed by atoms with Crippen molar-refractivity contribution in [1.82, 2.24) is 14.9 Å². The molecule has 0 saturated carbocycles. The maximum absolute atomic E-state index is 13.1. The average Bonchev–Trinajstić information content (AvgIpc) is 2.69. The van der Waals surface area contributed by atoms with E-state index in [0.717, 1.165) is 18.4 Å². The van der Waals surface area contributed by atoms with Gasteiger partial charge in [0.1, 0.15) is 0 Å². The minimum absolute atomic E-state index is 0.0600. The fourth-order valence-electron chi connectivity index (χ4n) is 2.80. The molecule has 0 bridgehead atoms. The number of nitrogens with one attached hydrogen (secondary N) is 1. The molecule has 1 aromatic heterocycles. The van der Waals surface area contributed by atoms with Gasteiger partial charge >= 0.3 is 0 Å². The molecule has 0 aliphatic carbocycles. The zero-order chi connectivity index (χ0) is 19.9. The molecular weight excluding hydrogens is 394 g/mol. The summed E-state index contributed by atoms with van der Waals surface area (Å²) in [4.78, 5) is 29.8. The van der Waals surface area contributed by atoms with Crippen LogP contribution in [0.3, 0.4) is 0 Å². The highest BCUT2D eigenvalue weighted by atomic mass is 35.5. The second-order valence-electron chi connectivity index (χ2n) is 6.42. The molecule has 3 aromatic rings.